The number of benzene rings is 1. The number of hydrogen-bond donors (Lipinski definition) is 2. The molecule has 19 heavy (non-hydrogen) atoms. The third-order valence-electron chi connectivity index (χ3n) is 2.58. The number of aliphatic carboxylic acids is 1. The summed E-state index contributed by atoms with van der Waals surface area (Å²) in [5.74, 6) is -0.693. The molecule has 0 saturated carbocycles. The third kappa shape index (κ3) is 4.87. The van der Waals surface area contributed by atoms with Crippen LogP contribution >= 0.6 is 27.7 Å². The normalized spacial score (nSPS) is 11.9. The quantitative estimate of drug-likeness (QED) is 0.831. The monoisotopic (exact) mass is 345 g/mol. The maximum atomic E-state index is 12.1. The summed E-state index contributed by atoms with van der Waals surface area (Å²) in [6.07, 6.45) is 2.31. The van der Waals surface area contributed by atoms with Crippen molar-refractivity contribution in [3.05, 3.63) is 33.8 Å². The summed E-state index contributed by atoms with van der Waals surface area (Å²) in [6, 6.07) is 4.53. The molecule has 0 aliphatic heterocycles. The number of amides is 1. The predicted molar refractivity (Wildman–Crippen MR) is 80.8 cm³/mol. The highest BCUT2D eigenvalue weighted by Crippen LogP contribution is 2.18. The molecule has 1 atom stereocenters. The fraction of sp³-hybridized carbons (Fsp3) is 0.385. The molecule has 0 unspecified atom stereocenters. The first-order valence-corrected chi connectivity index (χ1v) is 7.93. The maximum absolute atomic E-state index is 12.1. The highest BCUT2D eigenvalue weighted by atomic mass is 79.9. The molecule has 1 amide bonds. The van der Waals surface area contributed by atoms with Gasteiger partial charge >= 0.3 is 5.97 Å². The summed E-state index contributed by atoms with van der Waals surface area (Å²) < 4.78 is 0.657. The van der Waals surface area contributed by atoms with Gasteiger partial charge in [-0.15, -0.1) is 0 Å². The average molecular weight is 346 g/mol. The SMILES string of the molecule is CSCC[C@H](NC(=O)c1cc(C)ccc1Br)C(=O)O. The highest BCUT2D eigenvalue weighted by molar-refractivity contribution is 9.10. The van der Waals surface area contributed by atoms with Crippen molar-refractivity contribution < 1.29 is 14.7 Å². The fourth-order valence-corrected chi connectivity index (χ4v) is 2.44. The van der Waals surface area contributed by atoms with Crippen LogP contribution in [0.4, 0.5) is 0 Å². The molecule has 104 valence electrons. The zero-order chi connectivity index (χ0) is 14.4. The van der Waals surface area contributed by atoms with E-state index in [2.05, 4.69) is 21.2 Å². The number of hydrogen-bond acceptors (Lipinski definition) is 3. The Morgan fingerprint density at radius 2 is 2.16 bits per heavy atom. The maximum Gasteiger partial charge on any atom is 0.326 e. The fourth-order valence-electron chi connectivity index (χ4n) is 1.54. The predicted octanol–water partition coefficient (Wildman–Crippen LogP) is 2.69. The van der Waals surface area contributed by atoms with Gasteiger partial charge in [-0.05, 0) is 53.4 Å². The molecule has 1 rings (SSSR count). The van der Waals surface area contributed by atoms with E-state index in [-0.39, 0.29) is 5.91 Å². The van der Waals surface area contributed by atoms with E-state index in [0.717, 1.165) is 5.56 Å². The van der Waals surface area contributed by atoms with E-state index >= 15 is 0 Å². The lowest BCUT2D eigenvalue weighted by Crippen LogP contribution is -2.41. The van der Waals surface area contributed by atoms with Crippen molar-refractivity contribution in [2.45, 2.75) is 19.4 Å². The molecule has 0 spiro atoms. The number of carboxylic acid groups (broad SMARTS) is 1. The second-order valence-electron chi connectivity index (χ2n) is 4.13. The second kappa shape index (κ2) is 7.55. The molecule has 0 aliphatic carbocycles. The van der Waals surface area contributed by atoms with Crippen LogP contribution in [0.25, 0.3) is 0 Å². The van der Waals surface area contributed by atoms with E-state index in [1.54, 1.807) is 23.9 Å². The van der Waals surface area contributed by atoms with Gasteiger partial charge in [0.25, 0.3) is 5.91 Å². The van der Waals surface area contributed by atoms with Crippen molar-refractivity contribution in [3.63, 3.8) is 0 Å². The molecule has 6 heteroatoms. The number of rotatable bonds is 6. The minimum absolute atomic E-state index is 0.371. The number of carboxylic acids is 1. The number of thioether (sulfide) groups is 1. The van der Waals surface area contributed by atoms with Gasteiger partial charge in [-0.25, -0.2) is 4.79 Å². The first kappa shape index (κ1) is 16.0. The molecule has 0 aromatic heterocycles. The van der Waals surface area contributed by atoms with E-state index in [1.807, 2.05) is 19.2 Å². The van der Waals surface area contributed by atoms with Gasteiger partial charge in [0.15, 0.2) is 0 Å². The lowest BCUT2D eigenvalue weighted by molar-refractivity contribution is -0.139. The minimum atomic E-state index is -1.01. The number of aryl methyl sites for hydroxylation is 1. The first-order chi connectivity index (χ1) is 8.95. The van der Waals surface area contributed by atoms with Gasteiger partial charge in [-0.2, -0.15) is 11.8 Å². The Kier molecular flexibility index (Phi) is 6.37. The topological polar surface area (TPSA) is 66.4 Å². The molecule has 0 saturated heterocycles. The van der Waals surface area contributed by atoms with Crippen molar-refractivity contribution in [3.8, 4) is 0 Å². The van der Waals surface area contributed by atoms with Gasteiger partial charge in [0.1, 0.15) is 6.04 Å². The minimum Gasteiger partial charge on any atom is -0.480 e. The van der Waals surface area contributed by atoms with Crippen LogP contribution in [0.1, 0.15) is 22.3 Å². The van der Waals surface area contributed by atoms with Crippen LogP contribution in [-0.2, 0) is 4.79 Å². The van der Waals surface area contributed by atoms with Crippen LogP contribution in [0, 0.1) is 6.92 Å². The third-order valence-corrected chi connectivity index (χ3v) is 3.92. The van der Waals surface area contributed by atoms with Gasteiger partial charge in [0.2, 0.25) is 0 Å². The summed E-state index contributed by atoms with van der Waals surface area (Å²) in [7, 11) is 0. The Balaban J connectivity index is 2.81. The van der Waals surface area contributed by atoms with Gasteiger partial charge in [0, 0.05) is 4.47 Å². The van der Waals surface area contributed by atoms with Crippen LogP contribution < -0.4 is 5.32 Å². The molecular weight excluding hydrogens is 330 g/mol. The Bertz CT molecular complexity index is 479. The molecule has 0 heterocycles. The van der Waals surface area contributed by atoms with Gasteiger partial charge in [-0.1, -0.05) is 11.6 Å². The van der Waals surface area contributed by atoms with E-state index in [9.17, 15) is 9.59 Å². The molecule has 0 fully saturated rings. The summed E-state index contributed by atoms with van der Waals surface area (Å²) in [4.78, 5) is 23.2. The van der Waals surface area contributed by atoms with E-state index in [1.165, 1.54) is 0 Å². The lowest BCUT2D eigenvalue weighted by Gasteiger charge is -2.14. The lowest BCUT2D eigenvalue weighted by atomic mass is 10.1. The second-order valence-corrected chi connectivity index (χ2v) is 5.97. The number of carbonyl (C=O) groups excluding carboxylic acids is 1. The zero-order valence-electron chi connectivity index (χ0n) is 10.8. The van der Waals surface area contributed by atoms with E-state index in [0.29, 0.717) is 22.2 Å². The molecule has 2 N–H and O–H groups in total. The number of halogens is 1. The summed E-state index contributed by atoms with van der Waals surface area (Å²) in [5, 5.41) is 11.6. The molecule has 0 radical (unpaired) electrons. The summed E-state index contributed by atoms with van der Waals surface area (Å²) >= 11 is 4.85. The van der Waals surface area contributed by atoms with Gasteiger partial charge < -0.3 is 10.4 Å². The van der Waals surface area contributed by atoms with Crippen LogP contribution in [0.3, 0.4) is 0 Å². The Morgan fingerprint density at radius 1 is 1.47 bits per heavy atom. The van der Waals surface area contributed by atoms with Crippen molar-refractivity contribution in [1.82, 2.24) is 5.32 Å². The van der Waals surface area contributed by atoms with Crippen LogP contribution in [0.2, 0.25) is 0 Å². The Hall–Kier alpha value is -1.01. The van der Waals surface area contributed by atoms with Gasteiger partial charge in [0.05, 0.1) is 5.56 Å². The Labute approximate surface area is 125 Å². The van der Waals surface area contributed by atoms with Crippen LogP contribution in [0.5, 0.6) is 0 Å². The number of carbonyl (C=O) groups is 2. The van der Waals surface area contributed by atoms with Gasteiger partial charge in [-0.3, -0.25) is 4.79 Å². The first-order valence-electron chi connectivity index (χ1n) is 5.74. The van der Waals surface area contributed by atoms with E-state index < -0.39 is 12.0 Å². The largest absolute Gasteiger partial charge is 0.480 e. The van der Waals surface area contributed by atoms with Crippen LogP contribution in [-0.4, -0.2) is 35.0 Å². The molecule has 4 nitrogen and oxygen atoms in total. The zero-order valence-corrected chi connectivity index (χ0v) is 13.2. The molecular formula is C13H16BrNO3S. The molecule has 1 aromatic rings. The molecule has 0 bridgehead atoms. The Morgan fingerprint density at radius 3 is 2.74 bits per heavy atom. The van der Waals surface area contributed by atoms with E-state index in [4.69, 9.17) is 5.11 Å². The standard InChI is InChI=1S/C13H16BrNO3S/c1-8-3-4-10(14)9(7-8)12(16)15-11(13(17)18)5-6-19-2/h3-4,7,11H,5-6H2,1-2H3,(H,15,16)(H,17,18)/t11-/m0/s1. The van der Waals surface area contributed by atoms with Crippen molar-refractivity contribution in [2.24, 2.45) is 0 Å². The van der Waals surface area contributed by atoms with Crippen molar-refractivity contribution in [1.29, 1.82) is 0 Å². The smallest absolute Gasteiger partial charge is 0.326 e. The van der Waals surface area contributed by atoms with Crippen LogP contribution in [0.15, 0.2) is 22.7 Å². The molecule has 0 aliphatic rings. The summed E-state index contributed by atoms with van der Waals surface area (Å²) in [5.41, 5.74) is 1.40. The van der Waals surface area contributed by atoms with Crippen molar-refractivity contribution >= 4 is 39.6 Å². The highest BCUT2D eigenvalue weighted by Gasteiger charge is 2.21. The van der Waals surface area contributed by atoms with Crippen molar-refractivity contribution in [2.75, 3.05) is 12.0 Å². The number of nitrogens with one attached hydrogen (secondary N) is 1. The average Bonchev–Trinajstić information content (AvgIpc) is 2.36. The summed E-state index contributed by atoms with van der Waals surface area (Å²) in [6.45, 7) is 1.88. The molecule has 1 aromatic carbocycles.